The molecule has 1 atom stereocenters. The van der Waals surface area contributed by atoms with E-state index in [0.717, 1.165) is 24.5 Å². The largest absolute Gasteiger partial charge is 0.442 e. The van der Waals surface area contributed by atoms with Crippen LogP contribution >= 0.6 is 22.9 Å². The van der Waals surface area contributed by atoms with Crippen LogP contribution < -0.4 is 20.7 Å². The number of nitrogens with zero attached hydrogens (tertiary/aromatic N) is 3. The molecule has 146 valence electrons. The van der Waals surface area contributed by atoms with E-state index in [1.165, 1.54) is 11.3 Å². The average molecular weight is 420 g/mol. The number of ether oxygens (including phenoxy) is 1. The van der Waals surface area contributed by atoms with Crippen LogP contribution in [0, 0.1) is 0 Å². The second-order valence-electron chi connectivity index (χ2n) is 6.26. The molecule has 1 aromatic carbocycles. The van der Waals surface area contributed by atoms with Crippen LogP contribution in [0.2, 0.25) is 4.34 Å². The van der Waals surface area contributed by atoms with Crippen LogP contribution in [0.3, 0.4) is 0 Å². The minimum absolute atomic E-state index is 0.228. The van der Waals surface area contributed by atoms with Crippen molar-refractivity contribution < 1.29 is 14.3 Å². The first-order valence-corrected chi connectivity index (χ1v) is 9.93. The molecule has 2 amide bonds. The number of carbonyl (C=O) groups excluding carboxylic acids is 2. The smallest absolute Gasteiger partial charge is 0.414 e. The molecule has 8 nitrogen and oxygen atoms in total. The normalized spacial score (nSPS) is 18.8. The predicted octanol–water partition coefficient (Wildman–Crippen LogP) is 2.51. The number of anilines is 2. The molecule has 0 saturated carbocycles. The van der Waals surface area contributed by atoms with E-state index in [1.54, 1.807) is 23.4 Å². The fourth-order valence-electron chi connectivity index (χ4n) is 2.98. The van der Waals surface area contributed by atoms with Gasteiger partial charge in [-0.3, -0.25) is 25.1 Å². The van der Waals surface area contributed by atoms with Crippen LogP contribution in [0.25, 0.3) is 0 Å². The summed E-state index contributed by atoms with van der Waals surface area (Å²) in [5, 5.41) is 4.76. The van der Waals surface area contributed by atoms with E-state index >= 15 is 0 Å². The number of hydrazine groups is 1. The predicted molar refractivity (Wildman–Crippen MR) is 110 cm³/mol. The zero-order valence-electron chi connectivity index (χ0n) is 14.8. The number of amides is 2. The van der Waals surface area contributed by atoms with Crippen LogP contribution in [0.15, 0.2) is 41.4 Å². The summed E-state index contributed by atoms with van der Waals surface area (Å²) in [5.74, 6) is -0.228. The number of halogens is 1. The molecular formula is C18H18ClN5O3S. The Morgan fingerprint density at radius 1 is 1.29 bits per heavy atom. The third-order valence-electron chi connectivity index (χ3n) is 4.39. The molecule has 1 fully saturated rings. The number of hydrogen-bond donors (Lipinski definition) is 2. The van der Waals surface area contributed by atoms with Gasteiger partial charge < -0.3 is 10.1 Å². The molecule has 1 saturated heterocycles. The molecule has 0 radical (unpaired) electrons. The second-order valence-corrected chi connectivity index (χ2v) is 7.98. The number of hydrogen-bond acceptors (Lipinski definition) is 7. The third-order valence-corrected chi connectivity index (χ3v) is 5.62. The minimum Gasteiger partial charge on any atom is -0.442 e. The summed E-state index contributed by atoms with van der Waals surface area (Å²) in [6.45, 7) is 2.13. The van der Waals surface area contributed by atoms with Crippen molar-refractivity contribution in [3.63, 3.8) is 0 Å². The highest BCUT2D eigenvalue weighted by Gasteiger charge is 2.32. The molecule has 4 rings (SSSR count). The molecule has 0 aliphatic carbocycles. The molecule has 2 aliphatic rings. The Balaban J connectivity index is 1.34. The molecule has 2 aromatic rings. The Hall–Kier alpha value is -2.78. The van der Waals surface area contributed by atoms with Gasteiger partial charge in [-0.1, -0.05) is 11.6 Å². The van der Waals surface area contributed by atoms with Gasteiger partial charge in [0.05, 0.1) is 41.1 Å². The van der Waals surface area contributed by atoms with E-state index < -0.39 is 12.2 Å². The third kappa shape index (κ3) is 4.05. The average Bonchev–Trinajstić information content (AvgIpc) is 3.32. The number of carbonyl (C=O) groups is 2. The first-order valence-electron chi connectivity index (χ1n) is 8.74. The lowest BCUT2D eigenvalue weighted by molar-refractivity contribution is 0.0920. The van der Waals surface area contributed by atoms with Gasteiger partial charge in [-0.25, -0.2) is 4.79 Å². The summed E-state index contributed by atoms with van der Waals surface area (Å²) in [6, 6.07) is 11.0. The number of benzene rings is 1. The van der Waals surface area contributed by atoms with Crippen LogP contribution in [0.1, 0.15) is 9.67 Å². The summed E-state index contributed by atoms with van der Waals surface area (Å²) >= 11 is 7.05. The van der Waals surface area contributed by atoms with Gasteiger partial charge in [0.15, 0.2) is 0 Å². The van der Waals surface area contributed by atoms with E-state index in [-0.39, 0.29) is 12.5 Å². The van der Waals surface area contributed by atoms with Crippen molar-refractivity contribution in [3.8, 4) is 0 Å². The molecule has 2 aliphatic heterocycles. The van der Waals surface area contributed by atoms with E-state index in [4.69, 9.17) is 16.3 Å². The van der Waals surface area contributed by atoms with Crippen LogP contribution in [-0.2, 0) is 4.74 Å². The van der Waals surface area contributed by atoms with Gasteiger partial charge in [0.2, 0.25) is 0 Å². The van der Waals surface area contributed by atoms with Gasteiger partial charge >= 0.3 is 6.09 Å². The molecule has 1 aromatic heterocycles. The lowest BCUT2D eigenvalue weighted by atomic mass is 10.2. The van der Waals surface area contributed by atoms with Gasteiger partial charge in [-0.15, -0.1) is 11.3 Å². The van der Waals surface area contributed by atoms with E-state index in [1.807, 2.05) is 29.3 Å². The van der Waals surface area contributed by atoms with E-state index in [2.05, 4.69) is 15.7 Å². The Bertz CT molecular complexity index is 901. The van der Waals surface area contributed by atoms with Gasteiger partial charge in [-0.2, -0.15) is 0 Å². The summed E-state index contributed by atoms with van der Waals surface area (Å²) in [5.41, 5.74) is 4.81. The van der Waals surface area contributed by atoms with Crippen LogP contribution in [0.4, 0.5) is 16.2 Å². The molecule has 28 heavy (non-hydrogen) atoms. The number of aliphatic imine (C=N–C) groups is 1. The number of nitrogens with one attached hydrogen (secondary N) is 2. The van der Waals surface area contributed by atoms with Crippen LogP contribution in [0.5, 0.6) is 0 Å². The quantitative estimate of drug-likeness (QED) is 0.777. The Kier molecular flexibility index (Phi) is 5.36. The van der Waals surface area contributed by atoms with Gasteiger partial charge in [0.25, 0.3) is 5.91 Å². The molecule has 10 heteroatoms. The van der Waals surface area contributed by atoms with Gasteiger partial charge in [0, 0.05) is 5.69 Å². The summed E-state index contributed by atoms with van der Waals surface area (Å²) in [6.07, 6.45) is 0.832. The van der Waals surface area contributed by atoms with Gasteiger partial charge in [0.1, 0.15) is 12.4 Å². The first-order chi connectivity index (χ1) is 13.6. The number of rotatable bonds is 5. The standard InChI is InChI=1S/C18H18ClN5O3S/c19-16-6-5-15(28-16)17(25)21-9-14-10-23(18(26)27-14)12-1-3-13(4-2-12)24-8-7-20-11-22-24/h1-6,11,14H,7-10H2,(H,20,22)(H,21,25)/t14-/m0/s1. The topological polar surface area (TPSA) is 86.3 Å². The fourth-order valence-corrected chi connectivity index (χ4v) is 3.94. The maximum absolute atomic E-state index is 12.2. The number of cyclic esters (lactones) is 1. The Labute approximate surface area is 170 Å². The fraction of sp³-hybridized carbons (Fsp3) is 0.278. The van der Waals surface area contributed by atoms with Crippen molar-refractivity contribution in [2.75, 3.05) is 36.1 Å². The zero-order chi connectivity index (χ0) is 19.5. The molecule has 0 bridgehead atoms. The number of thiophene rings is 1. The first kappa shape index (κ1) is 18.6. The van der Waals surface area contributed by atoms with Crippen molar-refractivity contribution in [2.45, 2.75) is 6.10 Å². The monoisotopic (exact) mass is 419 g/mol. The Morgan fingerprint density at radius 3 is 2.75 bits per heavy atom. The minimum atomic E-state index is -0.422. The zero-order valence-corrected chi connectivity index (χ0v) is 16.4. The lowest BCUT2D eigenvalue weighted by Crippen LogP contribution is -2.42. The Morgan fingerprint density at radius 2 is 2.07 bits per heavy atom. The molecule has 0 unspecified atom stereocenters. The maximum atomic E-state index is 12.2. The van der Waals surface area contributed by atoms with Crippen molar-refractivity contribution in [1.82, 2.24) is 10.7 Å². The van der Waals surface area contributed by atoms with E-state index in [9.17, 15) is 9.59 Å². The summed E-state index contributed by atoms with van der Waals surface area (Å²) < 4.78 is 5.93. The highest BCUT2D eigenvalue weighted by Crippen LogP contribution is 2.25. The highest BCUT2D eigenvalue weighted by atomic mass is 35.5. The highest BCUT2D eigenvalue weighted by molar-refractivity contribution is 7.17. The lowest BCUT2D eigenvalue weighted by Gasteiger charge is -2.26. The maximum Gasteiger partial charge on any atom is 0.414 e. The van der Waals surface area contributed by atoms with Crippen molar-refractivity contribution in [1.29, 1.82) is 0 Å². The SMILES string of the molecule is O=C(NC[C@H]1CN(c2ccc(N3CCN=CN3)cc2)C(=O)O1)c1ccc(Cl)s1. The molecule has 3 heterocycles. The van der Waals surface area contributed by atoms with Crippen molar-refractivity contribution >= 4 is 52.7 Å². The van der Waals surface area contributed by atoms with Gasteiger partial charge in [-0.05, 0) is 36.4 Å². The van der Waals surface area contributed by atoms with E-state index in [0.29, 0.717) is 15.8 Å². The summed E-state index contributed by atoms with van der Waals surface area (Å²) in [4.78, 5) is 30.5. The van der Waals surface area contributed by atoms with Crippen molar-refractivity contribution in [2.24, 2.45) is 4.99 Å². The van der Waals surface area contributed by atoms with Crippen LogP contribution in [-0.4, -0.2) is 50.6 Å². The van der Waals surface area contributed by atoms with Crippen molar-refractivity contribution in [3.05, 3.63) is 45.6 Å². The molecular weight excluding hydrogens is 402 g/mol. The second kappa shape index (κ2) is 8.07. The molecule has 2 N–H and O–H groups in total. The molecule has 0 spiro atoms. The summed E-state index contributed by atoms with van der Waals surface area (Å²) in [7, 11) is 0.